The number of hydrogen-bond acceptors (Lipinski definition) is 5. The molecule has 1 saturated heterocycles. The largest absolute Gasteiger partial charge is 0.497 e. The zero-order valence-corrected chi connectivity index (χ0v) is 18.5. The molecular weight excluding hydrogens is 406 g/mol. The molecule has 1 atom stereocenters. The summed E-state index contributed by atoms with van der Waals surface area (Å²) >= 11 is 0. The maximum Gasteiger partial charge on any atom is 0.314 e. The second kappa shape index (κ2) is 11.0. The number of rotatable bonds is 9. The zero-order valence-electron chi connectivity index (χ0n) is 18.5. The number of imidazole rings is 1. The van der Waals surface area contributed by atoms with Gasteiger partial charge in [0.05, 0.1) is 43.7 Å². The summed E-state index contributed by atoms with van der Waals surface area (Å²) in [6.45, 7) is 5.05. The van der Waals surface area contributed by atoms with E-state index in [0.29, 0.717) is 26.3 Å². The van der Waals surface area contributed by atoms with Crippen LogP contribution >= 0.6 is 0 Å². The van der Waals surface area contributed by atoms with Crippen LogP contribution in [0.15, 0.2) is 54.9 Å². The molecule has 2 amide bonds. The van der Waals surface area contributed by atoms with E-state index >= 15 is 0 Å². The lowest BCUT2D eigenvalue weighted by Crippen LogP contribution is -2.45. The van der Waals surface area contributed by atoms with Gasteiger partial charge in [-0.1, -0.05) is 24.3 Å². The summed E-state index contributed by atoms with van der Waals surface area (Å²) < 4.78 is 12.9. The highest BCUT2D eigenvalue weighted by Crippen LogP contribution is 2.23. The van der Waals surface area contributed by atoms with Crippen LogP contribution in [0, 0.1) is 0 Å². The monoisotopic (exact) mass is 437 g/mol. The standard InChI is InChI=1S/C24H31N5O3/c1-31-20-9-7-19(8-10-20)23(28-13-15-32-16-14-28)17-26-24(30)25-11-4-12-29-18-27-21-5-2-3-6-22(21)29/h2-3,5-10,18,23H,4,11-17H2,1H3,(H2,25,26,30). The van der Waals surface area contributed by atoms with Gasteiger partial charge in [-0.15, -0.1) is 0 Å². The molecule has 1 aliphatic rings. The smallest absolute Gasteiger partial charge is 0.314 e. The summed E-state index contributed by atoms with van der Waals surface area (Å²) in [6, 6.07) is 16.1. The Morgan fingerprint density at radius 2 is 1.91 bits per heavy atom. The molecule has 32 heavy (non-hydrogen) atoms. The first kappa shape index (κ1) is 22.1. The maximum atomic E-state index is 12.4. The van der Waals surface area contributed by atoms with Crippen LogP contribution in [0.2, 0.25) is 0 Å². The predicted octanol–water partition coefficient (Wildman–Crippen LogP) is 2.81. The topological polar surface area (TPSA) is 80.7 Å². The molecule has 0 bridgehead atoms. The number of carbonyl (C=O) groups excluding carboxylic acids is 1. The first-order valence-electron chi connectivity index (χ1n) is 11.1. The summed E-state index contributed by atoms with van der Waals surface area (Å²) in [6.07, 6.45) is 2.69. The van der Waals surface area contributed by atoms with Crippen molar-refractivity contribution in [2.75, 3.05) is 46.5 Å². The van der Waals surface area contributed by atoms with Gasteiger partial charge in [0.25, 0.3) is 0 Å². The van der Waals surface area contributed by atoms with Crippen molar-refractivity contribution >= 4 is 17.1 Å². The number of benzene rings is 2. The van der Waals surface area contributed by atoms with Crippen LogP contribution in [0.1, 0.15) is 18.0 Å². The number of aromatic nitrogens is 2. The second-order valence-electron chi connectivity index (χ2n) is 7.85. The zero-order chi connectivity index (χ0) is 22.2. The highest BCUT2D eigenvalue weighted by Gasteiger charge is 2.23. The number of urea groups is 1. The molecule has 1 aromatic heterocycles. The molecular formula is C24H31N5O3. The Balaban J connectivity index is 1.26. The van der Waals surface area contributed by atoms with Crippen LogP contribution in [-0.4, -0.2) is 67.0 Å². The molecule has 8 nitrogen and oxygen atoms in total. The van der Waals surface area contributed by atoms with Gasteiger partial charge in [-0.05, 0) is 36.2 Å². The van der Waals surface area contributed by atoms with Crippen LogP contribution in [0.25, 0.3) is 11.0 Å². The number of nitrogens with zero attached hydrogens (tertiary/aromatic N) is 3. The molecule has 4 rings (SSSR count). The van der Waals surface area contributed by atoms with E-state index in [1.165, 1.54) is 0 Å². The summed E-state index contributed by atoms with van der Waals surface area (Å²) in [7, 11) is 1.66. The van der Waals surface area contributed by atoms with Crippen molar-refractivity contribution in [3.05, 3.63) is 60.4 Å². The molecule has 170 valence electrons. The van der Waals surface area contributed by atoms with E-state index < -0.39 is 0 Å². The molecule has 0 radical (unpaired) electrons. The van der Waals surface area contributed by atoms with Crippen molar-refractivity contribution in [3.8, 4) is 5.75 Å². The molecule has 1 aliphatic heterocycles. The number of ether oxygens (including phenoxy) is 2. The first-order chi connectivity index (χ1) is 15.7. The number of methoxy groups -OCH3 is 1. The van der Waals surface area contributed by atoms with E-state index in [1.54, 1.807) is 7.11 Å². The Morgan fingerprint density at radius 3 is 2.69 bits per heavy atom. The summed E-state index contributed by atoms with van der Waals surface area (Å²) in [4.78, 5) is 19.2. The van der Waals surface area contributed by atoms with E-state index in [0.717, 1.165) is 48.4 Å². The van der Waals surface area contributed by atoms with Gasteiger partial charge in [0.1, 0.15) is 5.75 Å². The van der Waals surface area contributed by atoms with Gasteiger partial charge in [-0.25, -0.2) is 9.78 Å². The molecule has 0 spiro atoms. The number of nitrogens with one attached hydrogen (secondary N) is 2. The van der Waals surface area contributed by atoms with Crippen molar-refractivity contribution < 1.29 is 14.3 Å². The number of carbonyl (C=O) groups is 1. The quantitative estimate of drug-likeness (QED) is 0.503. The van der Waals surface area contributed by atoms with Crippen molar-refractivity contribution in [3.63, 3.8) is 0 Å². The first-order valence-corrected chi connectivity index (χ1v) is 11.1. The lowest BCUT2D eigenvalue weighted by atomic mass is 10.0. The molecule has 3 aromatic rings. The van der Waals surface area contributed by atoms with Gasteiger partial charge in [0, 0.05) is 32.7 Å². The Labute approximate surface area is 188 Å². The summed E-state index contributed by atoms with van der Waals surface area (Å²) in [5.74, 6) is 0.825. The van der Waals surface area contributed by atoms with Crippen molar-refractivity contribution in [1.29, 1.82) is 0 Å². The number of hydrogen-bond donors (Lipinski definition) is 2. The molecule has 8 heteroatoms. The van der Waals surface area contributed by atoms with Crippen LogP contribution in [0.3, 0.4) is 0 Å². The van der Waals surface area contributed by atoms with Crippen LogP contribution in [0.5, 0.6) is 5.75 Å². The Kier molecular flexibility index (Phi) is 7.58. The van der Waals surface area contributed by atoms with E-state index in [9.17, 15) is 4.79 Å². The average Bonchev–Trinajstić information content (AvgIpc) is 3.26. The van der Waals surface area contributed by atoms with Gasteiger partial charge < -0.3 is 24.7 Å². The third kappa shape index (κ3) is 5.57. The van der Waals surface area contributed by atoms with Crippen LogP contribution in [-0.2, 0) is 11.3 Å². The van der Waals surface area contributed by atoms with E-state index in [2.05, 4.69) is 43.3 Å². The predicted molar refractivity (Wildman–Crippen MR) is 124 cm³/mol. The highest BCUT2D eigenvalue weighted by molar-refractivity contribution is 5.75. The van der Waals surface area contributed by atoms with E-state index in [-0.39, 0.29) is 12.1 Å². The molecule has 0 aliphatic carbocycles. The fraction of sp³-hybridized carbons (Fsp3) is 0.417. The number of para-hydroxylation sites is 2. The third-order valence-corrected chi connectivity index (χ3v) is 5.83. The van der Waals surface area contributed by atoms with Crippen LogP contribution in [0.4, 0.5) is 4.79 Å². The number of fused-ring (bicyclic) bond motifs is 1. The highest BCUT2D eigenvalue weighted by atomic mass is 16.5. The normalized spacial score (nSPS) is 15.4. The lowest BCUT2D eigenvalue weighted by Gasteiger charge is -2.35. The minimum absolute atomic E-state index is 0.0906. The maximum absolute atomic E-state index is 12.4. The van der Waals surface area contributed by atoms with Crippen LogP contribution < -0.4 is 15.4 Å². The summed E-state index contributed by atoms with van der Waals surface area (Å²) in [5.41, 5.74) is 3.26. The molecule has 2 N–H and O–H groups in total. The van der Waals surface area contributed by atoms with Crippen molar-refractivity contribution in [2.24, 2.45) is 0 Å². The van der Waals surface area contributed by atoms with Gasteiger partial charge in [0.2, 0.25) is 0 Å². The number of amides is 2. The fourth-order valence-electron chi connectivity index (χ4n) is 4.06. The number of aryl methyl sites for hydroxylation is 1. The van der Waals surface area contributed by atoms with Crippen molar-refractivity contribution in [2.45, 2.75) is 19.0 Å². The Bertz CT molecular complexity index is 998. The lowest BCUT2D eigenvalue weighted by molar-refractivity contribution is 0.0167. The van der Waals surface area contributed by atoms with Gasteiger partial charge >= 0.3 is 6.03 Å². The SMILES string of the molecule is COc1ccc(C(CNC(=O)NCCCn2cnc3ccccc32)N2CCOCC2)cc1. The Morgan fingerprint density at radius 1 is 1.12 bits per heavy atom. The number of morpholine rings is 1. The molecule has 1 unspecified atom stereocenters. The molecule has 0 saturated carbocycles. The van der Waals surface area contributed by atoms with Gasteiger partial charge in [-0.3, -0.25) is 4.90 Å². The minimum Gasteiger partial charge on any atom is -0.497 e. The third-order valence-electron chi connectivity index (χ3n) is 5.83. The molecule has 1 fully saturated rings. The van der Waals surface area contributed by atoms with Gasteiger partial charge in [-0.2, -0.15) is 0 Å². The van der Waals surface area contributed by atoms with Gasteiger partial charge in [0.15, 0.2) is 0 Å². The second-order valence-corrected chi connectivity index (χ2v) is 7.85. The molecule has 2 aromatic carbocycles. The van der Waals surface area contributed by atoms with E-state index in [1.807, 2.05) is 36.7 Å². The van der Waals surface area contributed by atoms with E-state index in [4.69, 9.17) is 9.47 Å². The average molecular weight is 438 g/mol. The fourth-order valence-corrected chi connectivity index (χ4v) is 4.06. The van der Waals surface area contributed by atoms with Crippen molar-refractivity contribution in [1.82, 2.24) is 25.1 Å². The minimum atomic E-state index is -0.146. The molecule has 2 heterocycles. The Hall–Kier alpha value is -3.10. The summed E-state index contributed by atoms with van der Waals surface area (Å²) in [5, 5.41) is 6.02.